The first-order valence-electron chi connectivity index (χ1n) is 7.88. The summed E-state index contributed by atoms with van der Waals surface area (Å²) < 4.78 is 11.5. The number of hydrogen-bond donors (Lipinski definition) is 0. The van der Waals surface area contributed by atoms with E-state index < -0.39 is 0 Å². The monoisotopic (exact) mass is 308 g/mol. The summed E-state index contributed by atoms with van der Waals surface area (Å²) in [5.41, 5.74) is 3.27. The molecule has 0 unspecified atom stereocenters. The molecule has 3 aromatic rings. The highest BCUT2D eigenvalue weighted by molar-refractivity contribution is 5.84. The third-order valence-corrected chi connectivity index (χ3v) is 4.15. The number of fused-ring (bicyclic) bond motifs is 1. The number of rotatable bonds is 4. The van der Waals surface area contributed by atoms with Crippen LogP contribution < -0.4 is 10.4 Å². The molecule has 1 atom stereocenters. The SMILES string of the molecule is CCc1cc(=O)oc2c(C)c(O[C@H](C)c3ccccc3)ccc12. The standard InChI is InChI=1S/C20H20O3/c1-4-15-12-19(21)23-20-13(2)18(11-10-17(15)20)22-14(3)16-8-6-5-7-9-16/h5-12,14H,4H2,1-3H3/t14-/m1/s1. The van der Waals surface area contributed by atoms with Crippen LogP contribution in [0.2, 0.25) is 0 Å². The van der Waals surface area contributed by atoms with Crippen LogP contribution in [0.5, 0.6) is 5.75 Å². The fourth-order valence-electron chi connectivity index (χ4n) is 2.81. The van der Waals surface area contributed by atoms with Crippen LogP contribution in [0.25, 0.3) is 11.0 Å². The molecule has 0 amide bonds. The van der Waals surface area contributed by atoms with Gasteiger partial charge in [0.2, 0.25) is 0 Å². The number of aryl methyl sites for hydroxylation is 2. The van der Waals surface area contributed by atoms with E-state index in [1.807, 2.05) is 63.2 Å². The predicted molar refractivity (Wildman–Crippen MR) is 92.1 cm³/mol. The van der Waals surface area contributed by atoms with E-state index in [1.54, 1.807) is 6.07 Å². The molecular formula is C20H20O3. The van der Waals surface area contributed by atoms with E-state index in [0.29, 0.717) is 5.58 Å². The topological polar surface area (TPSA) is 39.4 Å². The predicted octanol–water partition coefficient (Wildman–Crippen LogP) is 4.80. The Morgan fingerprint density at radius 2 is 1.87 bits per heavy atom. The van der Waals surface area contributed by atoms with Gasteiger partial charge in [-0.1, -0.05) is 37.3 Å². The lowest BCUT2D eigenvalue weighted by Gasteiger charge is -2.17. The molecule has 3 heteroatoms. The summed E-state index contributed by atoms with van der Waals surface area (Å²) in [4.78, 5) is 11.8. The highest BCUT2D eigenvalue weighted by Crippen LogP contribution is 2.31. The molecule has 1 heterocycles. The minimum atomic E-state index is -0.314. The quantitative estimate of drug-likeness (QED) is 0.650. The Kier molecular flexibility index (Phi) is 4.20. The second-order valence-electron chi connectivity index (χ2n) is 5.68. The van der Waals surface area contributed by atoms with Gasteiger partial charge in [0.1, 0.15) is 17.4 Å². The van der Waals surface area contributed by atoms with Gasteiger partial charge in [-0.05, 0) is 43.5 Å². The summed E-state index contributed by atoms with van der Waals surface area (Å²) >= 11 is 0. The Balaban J connectivity index is 2.03. The average Bonchev–Trinajstić information content (AvgIpc) is 2.57. The summed E-state index contributed by atoms with van der Waals surface area (Å²) in [6.07, 6.45) is 0.718. The first-order valence-corrected chi connectivity index (χ1v) is 7.88. The summed E-state index contributed by atoms with van der Waals surface area (Å²) in [6, 6.07) is 15.5. The molecule has 0 saturated carbocycles. The maximum Gasteiger partial charge on any atom is 0.336 e. The summed E-state index contributed by atoms with van der Waals surface area (Å²) in [5, 5.41) is 0.976. The highest BCUT2D eigenvalue weighted by atomic mass is 16.5. The van der Waals surface area contributed by atoms with E-state index in [4.69, 9.17) is 9.15 Å². The largest absolute Gasteiger partial charge is 0.486 e. The van der Waals surface area contributed by atoms with Crippen molar-refractivity contribution >= 4 is 11.0 Å². The van der Waals surface area contributed by atoms with Gasteiger partial charge in [0.25, 0.3) is 0 Å². The normalized spacial score (nSPS) is 12.3. The van der Waals surface area contributed by atoms with Crippen LogP contribution >= 0.6 is 0 Å². The van der Waals surface area contributed by atoms with Gasteiger partial charge in [0.15, 0.2) is 0 Å². The van der Waals surface area contributed by atoms with Crippen molar-refractivity contribution in [3.05, 3.63) is 75.6 Å². The van der Waals surface area contributed by atoms with Crippen LogP contribution in [0.1, 0.15) is 36.6 Å². The van der Waals surface area contributed by atoms with Gasteiger partial charge >= 0.3 is 5.63 Å². The molecular weight excluding hydrogens is 288 g/mol. The van der Waals surface area contributed by atoms with E-state index in [1.165, 1.54) is 0 Å². The van der Waals surface area contributed by atoms with Crippen LogP contribution in [-0.4, -0.2) is 0 Å². The van der Waals surface area contributed by atoms with E-state index in [9.17, 15) is 4.79 Å². The van der Waals surface area contributed by atoms with Crippen molar-refractivity contribution in [1.82, 2.24) is 0 Å². The van der Waals surface area contributed by atoms with Crippen LogP contribution in [-0.2, 0) is 6.42 Å². The molecule has 0 aliphatic heterocycles. The molecule has 0 aliphatic rings. The second kappa shape index (κ2) is 6.29. The molecule has 0 fully saturated rings. The lowest BCUT2D eigenvalue weighted by Crippen LogP contribution is -2.05. The smallest absolute Gasteiger partial charge is 0.336 e. The molecule has 0 radical (unpaired) electrons. The Morgan fingerprint density at radius 1 is 1.13 bits per heavy atom. The zero-order chi connectivity index (χ0) is 16.4. The molecule has 0 bridgehead atoms. The summed E-state index contributed by atoms with van der Waals surface area (Å²) in [7, 11) is 0. The maximum atomic E-state index is 11.8. The first-order chi connectivity index (χ1) is 11.1. The third-order valence-electron chi connectivity index (χ3n) is 4.15. The minimum absolute atomic E-state index is 0.0755. The number of hydrogen-bond acceptors (Lipinski definition) is 3. The Bertz CT molecular complexity index is 879. The molecule has 0 saturated heterocycles. The summed E-state index contributed by atoms with van der Waals surface area (Å²) in [6.45, 7) is 5.97. The van der Waals surface area contributed by atoms with E-state index in [-0.39, 0.29) is 11.7 Å². The maximum absolute atomic E-state index is 11.8. The minimum Gasteiger partial charge on any atom is -0.486 e. The van der Waals surface area contributed by atoms with Crippen LogP contribution in [0.3, 0.4) is 0 Å². The zero-order valence-corrected chi connectivity index (χ0v) is 13.6. The van der Waals surface area contributed by atoms with Crippen molar-refractivity contribution in [2.45, 2.75) is 33.3 Å². The van der Waals surface area contributed by atoms with Gasteiger partial charge in [-0.25, -0.2) is 4.79 Å². The molecule has 3 rings (SSSR count). The van der Waals surface area contributed by atoms with Gasteiger partial charge in [-0.3, -0.25) is 0 Å². The van der Waals surface area contributed by atoms with Crippen molar-refractivity contribution in [3.63, 3.8) is 0 Å². The third kappa shape index (κ3) is 3.00. The Labute approximate surface area is 135 Å². The van der Waals surface area contributed by atoms with Gasteiger partial charge in [0, 0.05) is 17.0 Å². The van der Waals surface area contributed by atoms with E-state index >= 15 is 0 Å². The van der Waals surface area contributed by atoms with E-state index in [0.717, 1.165) is 34.2 Å². The first kappa shape index (κ1) is 15.3. The number of benzene rings is 2. The lowest BCUT2D eigenvalue weighted by molar-refractivity contribution is 0.225. The molecule has 118 valence electrons. The second-order valence-corrected chi connectivity index (χ2v) is 5.68. The van der Waals surface area contributed by atoms with Crippen LogP contribution in [0.4, 0.5) is 0 Å². The van der Waals surface area contributed by atoms with Gasteiger partial charge < -0.3 is 9.15 Å². The fourth-order valence-corrected chi connectivity index (χ4v) is 2.81. The highest BCUT2D eigenvalue weighted by Gasteiger charge is 2.14. The summed E-state index contributed by atoms with van der Waals surface area (Å²) in [5.74, 6) is 0.741. The average molecular weight is 308 g/mol. The Hall–Kier alpha value is -2.55. The number of ether oxygens (including phenoxy) is 1. The Morgan fingerprint density at radius 3 is 2.57 bits per heavy atom. The fraction of sp³-hybridized carbons (Fsp3) is 0.250. The lowest BCUT2D eigenvalue weighted by atomic mass is 10.0. The van der Waals surface area contributed by atoms with Crippen LogP contribution in [0, 0.1) is 6.92 Å². The van der Waals surface area contributed by atoms with Crippen molar-refractivity contribution < 1.29 is 9.15 Å². The molecule has 2 aromatic carbocycles. The van der Waals surface area contributed by atoms with Crippen molar-refractivity contribution in [2.75, 3.05) is 0 Å². The molecule has 1 aromatic heterocycles. The van der Waals surface area contributed by atoms with E-state index in [2.05, 4.69) is 0 Å². The molecule has 0 spiro atoms. The van der Waals surface area contributed by atoms with Crippen molar-refractivity contribution in [2.24, 2.45) is 0 Å². The van der Waals surface area contributed by atoms with Gasteiger partial charge in [0.05, 0.1) is 0 Å². The van der Waals surface area contributed by atoms with Crippen molar-refractivity contribution in [1.29, 1.82) is 0 Å². The van der Waals surface area contributed by atoms with Gasteiger partial charge in [-0.2, -0.15) is 0 Å². The zero-order valence-electron chi connectivity index (χ0n) is 13.6. The van der Waals surface area contributed by atoms with Crippen LogP contribution in [0.15, 0.2) is 57.7 Å². The van der Waals surface area contributed by atoms with Crippen molar-refractivity contribution in [3.8, 4) is 5.75 Å². The molecule has 3 nitrogen and oxygen atoms in total. The molecule has 0 N–H and O–H groups in total. The van der Waals surface area contributed by atoms with Gasteiger partial charge in [-0.15, -0.1) is 0 Å². The molecule has 23 heavy (non-hydrogen) atoms. The molecule has 0 aliphatic carbocycles.